The zero-order chi connectivity index (χ0) is 16.3. The van der Waals surface area contributed by atoms with Crippen LogP contribution in [0, 0.1) is 16.7 Å². The van der Waals surface area contributed by atoms with Gasteiger partial charge in [0.15, 0.2) is 0 Å². The monoisotopic (exact) mass is 298 g/mol. The van der Waals surface area contributed by atoms with Crippen LogP contribution in [0.15, 0.2) is 0 Å². The maximum Gasteiger partial charge on any atom is 0.311 e. The van der Waals surface area contributed by atoms with E-state index in [1.54, 1.807) is 0 Å². The Labute approximate surface area is 127 Å². The van der Waals surface area contributed by atoms with Crippen molar-refractivity contribution in [1.29, 1.82) is 0 Å². The van der Waals surface area contributed by atoms with Crippen molar-refractivity contribution in [1.82, 2.24) is 5.32 Å². The molecule has 0 aromatic rings. The summed E-state index contributed by atoms with van der Waals surface area (Å²) in [4.78, 5) is 23.6. The molecule has 1 rings (SSSR count). The molecule has 0 spiro atoms. The van der Waals surface area contributed by atoms with Gasteiger partial charge in [0.05, 0.1) is 5.41 Å². The highest BCUT2D eigenvalue weighted by molar-refractivity contribution is 5.79. The van der Waals surface area contributed by atoms with E-state index in [4.69, 9.17) is 5.73 Å². The molecular weight excluding hydrogens is 268 g/mol. The Bertz CT molecular complexity index is 379. The summed E-state index contributed by atoms with van der Waals surface area (Å²) in [5.74, 6) is -0.381. The summed E-state index contributed by atoms with van der Waals surface area (Å²) in [6, 6.07) is -0.232. The van der Waals surface area contributed by atoms with Gasteiger partial charge >= 0.3 is 5.97 Å². The number of aliphatic carboxylic acids is 1. The largest absolute Gasteiger partial charge is 0.481 e. The summed E-state index contributed by atoms with van der Waals surface area (Å²) in [5, 5.41) is 12.3. The molecule has 122 valence electrons. The number of carboxylic acid groups (broad SMARTS) is 1. The molecule has 21 heavy (non-hydrogen) atoms. The number of carbonyl (C=O) groups excluding carboxylic acids is 1. The minimum Gasteiger partial charge on any atom is -0.481 e. The van der Waals surface area contributed by atoms with Crippen LogP contribution in [0.25, 0.3) is 0 Å². The Kier molecular flexibility index (Phi) is 5.79. The molecule has 4 N–H and O–H groups in total. The summed E-state index contributed by atoms with van der Waals surface area (Å²) < 4.78 is 0. The minimum absolute atomic E-state index is 0.137. The van der Waals surface area contributed by atoms with Gasteiger partial charge in [-0.1, -0.05) is 27.7 Å². The molecule has 1 aliphatic rings. The molecule has 1 amide bonds. The molecule has 1 aliphatic carbocycles. The van der Waals surface area contributed by atoms with Crippen LogP contribution in [0.5, 0.6) is 0 Å². The van der Waals surface area contributed by atoms with Crippen molar-refractivity contribution in [2.75, 3.05) is 6.54 Å². The Morgan fingerprint density at radius 2 is 1.86 bits per heavy atom. The van der Waals surface area contributed by atoms with Crippen LogP contribution in [0.4, 0.5) is 0 Å². The third-order valence-corrected chi connectivity index (χ3v) is 4.83. The first-order chi connectivity index (χ1) is 9.57. The van der Waals surface area contributed by atoms with Gasteiger partial charge in [0.2, 0.25) is 5.91 Å². The van der Waals surface area contributed by atoms with Crippen molar-refractivity contribution in [3.8, 4) is 0 Å². The van der Waals surface area contributed by atoms with Gasteiger partial charge in [0, 0.05) is 19.0 Å². The van der Waals surface area contributed by atoms with Gasteiger partial charge in [-0.25, -0.2) is 0 Å². The van der Waals surface area contributed by atoms with Crippen molar-refractivity contribution in [2.24, 2.45) is 22.5 Å². The SMILES string of the molecule is CC1CCC(CNC(=O)CC(N)C(C)(C)C)(C(=O)O)CC1. The Hall–Kier alpha value is -1.10. The topological polar surface area (TPSA) is 92.4 Å². The summed E-state index contributed by atoms with van der Waals surface area (Å²) in [5.41, 5.74) is 5.06. The van der Waals surface area contributed by atoms with E-state index in [2.05, 4.69) is 12.2 Å². The van der Waals surface area contributed by atoms with E-state index in [1.165, 1.54) is 0 Å². The molecule has 1 atom stereocenters. The van der Waals surface area contributed by atoms with Crippen LogP contribution in [0.3, 0.4) is 0 Å². The van der Waals surface area contributed by atoms with E-state index < -0.39 is 11.4 Å². The summed E-state index contributed by atoms with van der Waals surface area (Å²) in [6.45, 7) is 8.34. The molecule has 0 aromatic carbocycles. The average molecular weight is 298 g/mol. The Balaban J connectivity index is 2.55. The number of hydrogen-bond acceptors (Lipinski definition) is 3. The molecule has 1 fully saturated rings. The number of hydrogen-bond donors (Lipinski definition) is 3. The lowest BCUT2D eigenvalue weighted by molar-refractivity contribution is -0.151. The van der Waals surface area contributed by atoms with Crippen LogP contribution in [0.2, 0.25) is 0 Å². The normalized spacial score (nSPS) is 28.0. The standard InChI is InChI=1S/C16H30N2O3/c1-11-5-7-16(8-6-11,14(20)21)10-18-13(19)9-12(17)15(2,3)4/h11-12H,5-10,17H2,1-4H3,(H,18,19)(H,20,21). The molecule has 0 radical (unpaired) electrons. The van der Waals surface area contributed by atoms with E-state index in [0.29, 0.717) is 18.8 Å². The second-order valence-electron chi connectivity index (χ2n) is 7.72. The van der Waals surface area contributed by atoms with Gasteiger partial charge in [-0.3, -0.25) is 9.59 Å². The number of nitrogens with two attached hydrogens (primary N) is 1. The van der Waals surface area contributed by atoms with Gasteiger partial charge in [-0.15, -0.1) is 0 Å². The quantitative estimate of drug-likeness (QED) is 0.725. The maximum atomic E-state index is 12.0. The van der Waals surface area contributed by atoms with Gasteiger partial charge in [-0.2, -0.15) is 0 Å². The first-order valence-corrected chi connectivity index (χ1v) is 7.82. The lowest BCUT2D eigenvalue weighted by atomic mass is 9.70. The first kappa shape index (κ1) is 18.0. The van der Waals surface area contributed by atoms with Gasteiger partial charge in [-0.05, 0) is 37.0 Å². The van der Waals surface area contributed by atoms with E-state index in [-0.39, 0.29) is 30.3 Å². The molecule has 5 nitrogen and oxygen atoms in total. The molecule has 0 aliphatic heterocycles. The molecule has 0 aromatic heterocycles. The molecule has 0 heterocycles. The fourth-order valence-corrected chi connectivity index (χ4v) is 2.63. The van der Waals surface area contributed by atoms with E-state index in [0.717, 1.165) is 12.8 Å². The zero-order valence-electron chi connectivity index (χ0n) is 13.7. The summed E-state index contributed by atoms with van der Waals surface area (Å²) in [6.07, 6.45) is 3.31. The van der Waals surface area contributed by atoms with Crippen LogP contribution in [-0.4, -0.2) is 29.6 Å². The molecule has 1 unspecified atom stereocenters. The lowest BCUT2D eigenvalue weighted by Crippen LogP contribution is -2.47. The van der Waals surface area contributed by atoms with Crippen molar-refractivity contribution in [3.05, 3.63) is 0 Å². The van der Waals surface area contributed by atoms with Crippen molar-refractivity contribution in [2.45, 2.75) is 65.8 Å². The summed E-state index contributed by atoms with van der Waals surface area (Å²) >= 11 is 0. The average Bonchev–Trinajstić information content (AvgIpc) is 2.37. The van der Waals surface area contributed by atoms with Gasteiger partial charge in [0.1, 0.15) is 0 Å². The number of amides is 1. The fraction of sp³-hybridized carbons (Fsp3) is 0.875. The second kappa shape index (κ2) is 6.77. The third-order valence-electron chi connectivity index (χ3n) is 4.83. The first-order valence-electron chi connectivity index (χ1n) is 7.82. The van der Waals surface area contributed by atoms with E-state index in [1.807, 2.05) is 20.8 Å². The number of carbonyl (C=O) groups is 2. The molecule has 0 saturated heterocycles. The summed E-state index contributed by atoms with van der Waals surface area (Å²) in [7, 11) is 0. The van der Waals surface area contributed by atoms with Crippen LogP contribution >= 0.6 is 0 Å². The lowest BCUT2D eigenvalue weighted by Gasteiger charge is -2.36. The number of nitrogens with one attached hydrogen (secondary N) is 1. The smallest absolute Gasteiger partial charge is 0.311 e. The highest BCUT2D eigenvalue weighted by atomic mass is 16.4. The molecule has 1 saturated carbocycles. The predicted octanol–water partition coefficient (Wildman–Crippen LogP) is 2.15. The van der Waals surface area contributed by atoms with E-state index in [9.17, 15) is 14.7 Å². The molecule has 0 bridgehead atoms. The van der Waals surface area contributed by atoms with Crippen LogP contribution in [0.1, 0.15) is 59.8 Å². The van der Waals surface area contributed by atoms with E-state index >= 15 is 0 Å². The maximum absolute atomic E-state index is 12.0. The molecular formula is C16H30N2O3. The second-order valence-corrected chi connectivity index (χ2v) is 7.72. The number of rotatable bonds is 5. The number of carboxylic acids is 1. The van der Waals surface area contributed by atoms with Crippen molar-refractivity contribution < 1.29 is 14.7 Å². The Morgan fingerprint density at radius 3 is 2.29 bits per heavy atom. The van der Waals surface area contributed by atoms with Crippen molar-refractivity contribution in [3.63, 3.8) is 0 Å². The van der Waals surface area contributed by atoms with Gasteiger partial charge in [0.25, 0.3) is 0 Å². The highest BCUT2D eigenvalue weighted by Crippen LogP contribution is 2.38. The zero-order valence-corrected chi connectivity index (χ0v) is 13.7. The Morgan fingerprint density at radius 1 is 1.33 bits per heavy atom. The highest BCUT2D eigenvalue weighted by Gasteiger charge is 2.41. The fourth-order valence-electron chi connectivity index (χ4n) is 2.63. The van der Waals surface area contributed by atoms with Crippen molar-refractivity contribution >= 4 is 11.9 Å². The molecule has 5 heteroatoms. The third kappa shape index (κ3) is 4.99. The minimum atomic E-state index is -0.798. The van der Waals surface area contributed by atoms with Crippen LogP contribution < -0.4 is 11.1 Å². The van der Waals surface area contributed by atoms with Gasteiger partial charge < -0.3 is 16.2 Å². The van der Waals surface area contributed by atoms with Crippen LogP contribution in [-0.2, 0) is 9.59 Å². The predicted molar refractivity (Wildman–Crippen MR) is 82.8 cm³/mol.